The smallest absolute Gasteiger partial charge is 0.222 e. The molecule has 0 aromatic heterocycles. The number of nitrogens with one attached hydrogen (secondary N) is 1. The molecule has 0 heterocycles. The Hall–Kier alpha value is -0.610. The van der Waals surface area contributed by atoms with Gasteiger partial charge in [-0.3, -0.25) is 4.79 Å². The first-order valence-corrected chi connectivity index (χ1v) is 5.24. The van der Waals surface area contributed by atoms with Crippen LogP contribution in [0.5, 0.6) is 0 Å². The van der Waals surface area contributed by atoms with E-state index in [4.69, 9.17) is 10.5 Å². The lowest BCUT2D eigenvalue weighted by Crippen LogP contribution is -2.41. The molecule has 3 N–H and O–H groups in total. The third kappa shape index (κ3) is 6.47. The molecule has 0 aliphatic heterocycles. The van der Waals surface area contributed by atoms with Crippen molar-refractivity contribution >= 4 is 5.91 Å². The predicted octanol–water partition coefficient (Wildman–Crippen LogP) is 0.903. The van der Waals surface area contributed by atoms with Gasteiger partial charge in [-0.2, -0.15) is 0 Å². The third-order valence-electron chi connectivity index (χ3n) is 2.46. The minimum Gasteiger partial charge on any atom is -0.378 e. The van der Waals surface area contributed by atoms with Gasteiger partial charge in [0.25, 0.3) is 0 Å². The van der Waals surface area contributed by atoms with Crippen molar-refractivity contribution in [2.24, 2.45) is 11.1 Å². The van der Waals surface area contributed by atoms with Gasteiger partial charge in [-0.25, -0.2) is 0 Å². The van der Waals surface area contributed by atoms with Crippen molar-refractivity contribution < 1.29 is 9.53 Å². The maximum Gasteiger partial charge on any atom is 0.222 e. The molecule has 0 unspecified atom stereocenters. The highest BCUT2D eigenvalue weighted by atomic mass is 16.5. The molecule has 4 heteroatoms. The molecular weight excluding hydrogens is 192 g/mol. The Balaban J connectivity index is 3.96. The van der Waals surface area contributed by atoms with Gasteiger partial charge in [0.15, 0.2) is 0 Å². The van der Waals surface area contributed by atoms with Crippen molar-refractivity contribution in [2.45, 2.75) is 39.7 Å². The van der Waals surface area contributed by atoms with Crippen LogP contribution in [0.3, 0.4) is 0 Å². The van der Waals surface area contributed by atoms with Crippen LogP contribution in [0.1, 0.15) is 34.1 Å². The van der Waals surface area contributed by atoms with Crippen LogP contribution in [-0.2, 0) is 9.53 Å². The fraction of sp³-hybridized carbons (Fsp3) is 0.909. The van der Waals surface area contributed by atoms with Crippen molar-refractivity contribution in [1.29, 1.82) is 0 Å². The number of methoxy groups -OCH3 is 1. The molecule has 0 aliphatic carbocycles. The van der Waals surface area contributed by atoms with Gasteiger partial charge in [-0.15, -0.1) is 0 Å². The molecule has 0 bridgehead atoms. The Morgan fingerprint density at radius 1 is 1.33 bits per heavy atom. The number of hydrogen-bond donors (Lipinski definition) is 2. The Labute approximate surface area is 92.6 Å². The van der Waals surface area contributed by atoms with Gasteiger partial charge >= 0.3 is 0 Å². The van der Waals surface area contributed by atoms with Crippen LogP contribution in [0.4, 0.5) is 0 Å². The lowest BCUT2D eigenvalue weighted by Gasteiger charge is -2.25. The minimum absolute atomic E-state index is 0.00313. The average molecular weight is 216 g/mol. The number of hydrogen-bond acceptors (Lipinski definition) is 3. The number of ether oxygens (including phenoxy) is 1. The van der Waals surface area contributed by atoms with E-state index >= 15 is 0 Å². The van der Waals surface area contributed by atoms with E-state index < -0.39 is 5.60 Å². The second kappa shape index (κ2) is 5.47. The molecule has 0 saturated heterocycles. The van der Waals surface area contributed by atoms with E-state index in [2.05, 4.69) is 5.32 Å². The van der Waals surface area contributed by atoms with E-state index in [1.54, 1.807) is 7.11 Å². The number of carbonyl (C=O) groups is 1. The van der Waals surface area contributed by atoms with Gasteiger partial charge < -0.3 is 15.8 Å². The molecule has 1 amide bonds. The monoisotopic (exact) mass is 216 g/mol. The molecule has 0 aromatic carbocycles. The summed E-state index contributed by atoms with van der Waals surface area (Å²) in [5.41, 5.74) is 5.12. The maximum absolute atomic E-state index is 11.5. The SMILES string of the molecule is COC(C)(C)CC(=O)NCC(C)(C)CN. The maximum atomic E-state index is 11.5. The van der Waals surface area contributed by atoms with E-state index in [1.165, 1.54) is 0 Å². The fourth-order valence-electron chi connectivity index (χ4n) is 0.931. The summed E-state index contributed by atoms with van der Waals surface area (Å²) in [7, 11) is 1.61. The summed E-state index contributed by atoms with van der Waals surface area (Å²) < 4.78 is 5.18. The molecule has 0 radical (unpaired) electrons. The van der Waals surface area contributed by atoms with Gasteiger partial charge in [0, 0.05) is 13.7 Å². The van der Waals surface area contributed by atoms with Gasteiger partial charge in [-0.1, -0.05) is 13.8 Å². The van der Waals surface area contributed by atoms with Crippen molar-refractivity contribution in [3.05, 3.63) is 0 Å². The third-order valence-corrected chi connectivity index (χ3v) is 2.46. The first kappa shape index (κ1) is 14.4. The van der Waals surface area contributed by atoms with E-state index in [9.17, 15) is 4.79 Å². The van der Waals surface area contributed by atoms with Crippen LogP contribution in [0.15, 0.2) is 0 Å². The molecule has 0 aliphatic rings. The van der Waals surface area contributed by atoms with Crippen LogP contribution in [-0.4, -0.2) is 31.7 Å². The number of carbonyl (C=O) groups excluding carboxylic acids is 1. The molecule has 90 valence electrons. The van der Waals surface area contributed by atoms with Gasteiger partial charge in [0.1, 0.15) is 0 Å². The highest BCUT2D eigenvalue weighted by Gasteiger charge is 2.22. The lowest BCUT2D eigenvalue weighted by atomic mass is 9.93. The van der Waals surface area contributed by atoms with Crippen molar-refractivity contribution in [2.75, 3.05) is 20.2 Å². The van der Waals surface area contributed by atoms with Crippen molar-refractivity contribution in [1.82, 2.24) is 5.32 Å². The van der Waals surface area contributed by atoms with Crippen molar-refractivity contribution in [3.8, 4) is 0 Å². The van der Waals surface area contributed by atoms with Gasteiger partial charge in [0.05, 0.1) is 12.0 Å². The molecule has 15 heavy (non-hydrogen) atoms. The van der Waals surface area contributed by atoms with E-state index in [1.807, 2.05) is 27.7 Å². The summed E-state index contributed by atoms with van der Waals surface area (Å²) in [5.74, 6) is 0.00313. The van der Waals surface area contributed by atoms with Crippen LogP contribution in [0, 0.1) is 5.41 Å². The van der Waals surface area contributed by atoms with Gasteiger partial charge in [0.2, 0.25) is 5.91 Å². The van der Waals surface area contributed by atoms with E-state index in [-0.39, 0.29) is 11.3 Å². The largest absolute Gasteiger partial charge is 0.378 e. The van der Waals surface area contributed by atoms with Crippen molar-refractivity contribution in [3.63, 3.8) is 0 Å². The van der Waals surface area contributed by atoms with Crippen LogP contribution >= 0.6 is 0 Å². The summed E-state index contributed by atoms with van der Waals surface area (Å²) in [6.45, 7) is 8.98. The molecule has 0 fully saturated rings. The average Bonchev–Trinajstić information content (AvgIpc) is 2.15. The molecule has 0 rings (SSSR count). The second-order valence-electron chi connectivity index (χ2n) is 5.29. The quantitative estimate of drug-likeness (QED) is 0.693. The topological polar surface area (TPSA) is 64.3 Å². The van der Waals surface area contributed by atoms with Crippen LogP contribution in [0.25, 0.3) is 0 Å². The Kier molecular flexibility index (Phi) is 5.24. The second-order valence-corrected chi connectivity index (χ2v) is 5.29. The van der Waals surface area contributed by atoms with E-state index in [0.29, 0.717) is 19.5 Å². The standard InChI is InChI=1S/C11H24N2O2/c1-10(2,7-12)8-13-9(14)6-11(3,4)15-5/h6-8,12H2,1-5H3,(H,13,14). The highest BCUT2D eigenvalue weighted by molar-refractivity contribution is 5.76. The normalized spacial score (nSPS) is 12.7. The zero-order valence-corrected chi connectivity index (χ0v) is 10.5. The molecule has 4 nitrogen and oxygen atoms in total. The summed E-state index contributed by atoms with van der Waals surface area (Å²) in [6, 6.07) is 0. The van der Waals surface area contributed by atoms with Crippen LogP contribution < -0.4 is 11.1 Å². The van der Waals surface area contributed by atoms with Gasteiger partial charge in [-0.05, 0) is 25.8 Å². The lowest BCUT2D eigenvalue weighted by molar-refractivity contribution is -0.126. The minimum atomic E-state index is -0.406. The molecule has 0 atom stereocenters. The Bertz CT molecular complexity index is 213. The van der Waals surface area contributed by atoms with E-state index in [0.717, 1.165) is 0 Å². The fourth-order valence-corrected chi connectivity index (χ4v) is 0.931. The predicted molar refractivity (Wildman–Crippen MR) is 61.6 cm³/mol. The summed E-state index contributed by atoms with van der Waals surface area (Å²) in [5, 5.41) is 2.87. The summed E-state index contributed by atoms with van der Waals surface area (Å²) >= 11 is 0. The highest BCUT2D eigenvalue weighted by Crippen LogP contribution is 2.14. The zero-order valence-electron chi connectivity index (χ0n) is 10.5. The molecule has 0 saturated carbocycles. The first-order valence-electron chi connectivity index (χ1n) is 5.24. The first-order chi connectivity index (χ1) is 6.72. The summed E-state index contributed by atoms with van der Waals surface area (Å²) in [4.78, 5) is 11.5. The summed E-state index contributed by atoms with van der Waals surface area (Å²) in [6.07, 6.45) is 0.365. The molecular formula is C11H24N2O2. The number of nitrogens with two attached hydrogens (primary N) is 1. The molecule has 0 spiro atoms. The Morgan fingerprint density at radius 3 is 2.27 bits per heavy atom. The van der Waals surface area contributed by atoms with Crippen LogP contribution in [0.2, 0.25) is 0 Å². The molecule has 0 aromatic rings. The zero-order chi connectivity index (χ0) is 12.1. The Morgan fingerprint density at radius 2 is 1.87 bits per heavy atom. The number of amides is 1. The number of rotatable bonds is 6.